The zero-order valence-corrected chi connectivity index (χ0v) is 14.1. The lowest BCUT2D eigenvalue weighted by molar-refractivity contribution is 0.0953. The molecule has 0 spiro atoms. The number of carbonyl (C=O) groups is 1. The molecule has 0 saturated heterocycles. The van der Waals surface area contributed by atoms with E-state index in [0.717, 1.165) is 22.0 Å². The highest BCUT2D eigenvalue weighted by molar-refractivity contribution is 7.17. The molecule has 0 bridgehead atoms. The minimum Gasteiger partial charge on any atom is -0.346 e. The highest BCUT2D eigenvalue weighted by atomic mass is 32.1. The largest absolute Gasteiger partial charge is 0.346 e. The minimum absolute atomic E-state index is 0.106. The topological polar surface area (TPSA) is 70.7 Å². The monoisotopic (exact) mass is 326 g/mol. The fourth-order valence-corrected chi connectivity index (χ4v) is 3.49. The second-order valence-corrected chi connectivity index (χ2v) is 6.52. The van der Waals surface area contributed by atoms with E-state index in [1.807, 2.05) is 13.0 Å². The van der Waals surface area contributed by atoms with E-state index in [1.165, 1.54) is 22.5 Å². The van der Waals surface area contributed by atoms with Gasteiger partial charge >= 0.3 is 0 Å². The summed E-state index contributed by atoms with van der Waals surface area (Å²) in [5.74, 6) is -0.106. The molecule has 118 valence electrons. The molecule has 2 aromatic heterocycles. The average molecular weight is 326 g/mol. The predicted octanol–water partition coefficient (Wildman–Crippen LogP) is 3.39. The van der Waals surface area contributed by atoms with Crippen molar-refractivity contribution in [3.8, 4) is 10.6 Å². The van der Waals surface area contributed by atoms with Crippen molar-refractivity contribution in [3.63, 3.8) is 0 Å². The van der Waals surface area contributed by atoms with Crippen LogP contribution in [0.4, 0.5) is 0 Å². The molecule has 3 rings (SSSR count). The highest BCUT2D eigenvalue weighted by Gasteiger charge is 2.17. The van der Waals surface area contributed by atoms with Crippen LogP contribution in [0.25, 0.3) is 10.6 Å². The van der Waals surface area contributed by atoms with E-state index in [0.29, 0.717) is 11.4 Å². The molecule has 0 aliphatic heterocycles. The predicted molar refractivity (Wildman–Crippen MR) is 91.5 cm³/mol. The van der Waals surface area contributed by atoms with Gasteiger partial charge in [-0.3, -0.25) is 9.89 Å². The van der Waals surface area contributed by atoms with Gasteiger partial charge in [-0.05, 0) is 32.4 Å². The molecule has 2 N–H and O–H groups in total. The van der Waals surface area contributed by atoms with Crippen molar-refractivity contribution in [2.75, 3.05) is 0 Å². The fraction of sp³-hybridized carbons (Fsp3) is 0.235. The third-order valence-electron chi connectivity index (χ3n) is 3.61. The molecule has 0 unspecified atom stereocenters. The van der Waals surface area contributed by atoms with Gasteiger partial charge < -0.3 is 5.32 Å². The zero-order chi connectivity index (χ0) is 16.4. The Hall–Kier alpha value is -2.47. The van der Waals surface area contributed by atoms with E-state index in [2.05, 4.69) is 52.5 Å². The van der Waals surface area contributed by atoms with Crippen molar-refractivity contribution >= 4 is 17.2 Å². The van der Waals surface area contributed by atoms with E-state index in [9.17, 15) is 4.79 Å². The van der Waals surface area contributed by atoms with Crippen LogP contribution in [-0.4, -0.2) is 21.1 Å². The molecule has 1 amide bonds. The lowest BCUT2D eigenvalue weighted by Crippen LogP contribution is -2.22. The maximum absolute atomic E-state index is 12.4. The summed E-state index contributed by atoms with van der Waals surface area (Å²) < 4.78 is 0. The van der Waals surface area contributed by atoms with Gasteiger partial charge in [0, 0.05) is 11.8 Å². The van der Waals surface area contributed by atoms with Crippen LogP contribution in [0.1, 0.15) is 32.2 Å². The van der Waals surface area contributed by atoms with Crippen LogP contribution in [0.3, 0.4) is 0 Å². The van der Waals surface area contributed by atoms with Gasteiger partial charge in [0.25, 0.3) is 5.91 Å². The van der Waals surface area contributed by atoms with Crippen molar-refractivity contribution in [1.29, 1.82) is 0 Å². The molecular formula is C17H18N4OS. The van der Waals surface area contributed by atoms with Gasteiger partial charge in [0.1, 0.15) is 9.88 Å². The first-order valence-corrected chi connectivity index (χ1v) is 8.18. The first kappa shape index (κ1) is 15.4. The Morgan fingerprint density at radius 2 is 2.09 bits per heavy atom. The molecule has 5 nitrogen and oxygen atoms in total. The standard InChI is InChI=1S/C17H18N4OS/c1-10-4-5-14(11(2)8-10)17-20-12(3)15(23-17)16(22)18-9-13-6-7-19-21-13/h4-8H,9H2,1-3H3,(H,18,22)(H,19,21). The van der Waals surface area contributed by atoms with E-state index < -0.39 is 0 Å². The number of nitrogens with zero attached hydrogens (tertiary/aromatic N) is 2. The number of benzene rings is 1. The van der Waals surface area contributed by atoms with Gasteiger partial charge in [-0.15, -0.1) is 11.3 Å². The van der Waals surface area contributed by atoms with Crippen molar-refractivity contribution in [1.82, 2.24) is 20.5 Å². The number of rotatable bonds is 4. The highest BCUT2D eigenvalue weighted by Crippen LogP contribution is 2.30. The van der Waals surface area contributed by atoms with Crippen molar-refractivity contribution in [2.24, 2.45) is 0 Å². The van der Waals surface area contributed by atoms with E-state index in [-0.39, 0.29) is 5.91 Å². The van der Waals surface area contributed by atoms with Gasteiger partial charge in [0.15, 0.2) is 0 Å². The molecule has 2 heterocycles. The Labute approximate surface area is 138 Å². The number of amides is 1. The summed E-state index contributed by atoms with van der Waals surface area (Å²) in [5, 5.41) is 10.5. The van der Waals surface area contributed by atoms with Gasteiger partial charge in [-0.1, -0.05) is 23.8 Å². The number of H-pyrrole nitrogens is 1. The summed E-state index contributed by atoms with van der Waals surface area (Å²) in [5.41, 5.74) is 5.10. The lowest BCUT2D eigenvalue weighted by Gasteiger charge is -2.03. The first-order valence-electron chi connectivity index (χ1n) is 7.36. The Morgan fingerprint density at radius 1 is 1.26 bits per heavy atom. The minimum atomic E-state index is -0.106. The maximum Gasteiger partial charge on any atom is 0.263 e. The maximum atomic E-state index is 12.4. The summed E-state index contributed by atoms with van der Waals surface area (Å²) in [6.07, 6.45) is 1.66. The molecule has 0 saturated carbocycles. The lowest BCUT2D eigenvalue weighted by atomic mass is 10.1. The molecular weight excluding hydrogens is 308 g/mol. The number of aromatic nitrogens is 3. The molecule has 1 aromatic carbocycles. The summed E-state index contributed by atoms with van der Waals surface area (Å²) in [7, 11) is 0. The molecule has 6 heteroatoms. The van der Waals surface area contributed by atoms with Crippen LogP contribution in [0.15, 0.2) is 30.5 Å². The molecule has 23 heavy (non-hydrogen) atoms. The normalized spacial score (nSPS) is 10.7. The summed E-state index contributed by atoms with van der Waals surface area (Å²) >= 11 is 1.43. The molecule has 0 radical (unpaired) electrons. The molecule has 3 aromatic rings. The summed E-state index contributed by atoms with van der Waals surface area (Å²) in [6.45, 7) is 6.43. The quantitative estimate of drug-likeness (QED) is 0.772. The molecule has 0 atom stereocenters. The summed E-state index contributed by atoms with van der Waals surface area (Å²) in [6, 6.07) is 8.09. The Balaban J connectivity index is 1.81. The number of aryl methyl sites for hydroxylation is 3. The van der Waals surface area contributed by atoms with E-state index >= 15 is 0 Å². The van der Waals surface area contributed by atoms with E-state index in [4.69, 9.17) is 0 Å². The van der Waals surface area contributed by atoms with Crippen LogP contribution in [0.2, 0.25) is 0 Å². The zero-order valence-electron chi connectivity index (χ0n) is 13.3. The van der Waals surface area contributed by atoms with Crippen molar-refractivity contribution in [3.05, 3.63) is 57.9 Å². The first-order chi connectivity index (χ1) is 11.0. The second kappa shape index (κ2) is 6.34. The average Bonchev–Trinajstić information content (AvgIpc) is 3.14. The third kappa shape index (κ3) is 3.32. The van der Waals surface area contributed by atoms with Gasteiger partial charge in [-0.2, -0.15) is 5.10 Å². The molecule has 0 fully saturated rings. The van der Waals surface area contributed by atoms with Gasteiger partial charge in [0.05, 0.1) is 17.9 Å². The van der Waals surface area contributed by atoms with Crippen LogP contribution < -0.4 is 5.32 Å². The molecule has 0 aliphatic rings. The van der Waals surface area contributed by atoms with Gasteiger partial charge in [0.2, 0.25) is 0 Å². The van der Waals surface area contributed by atoms with Gasteiger partial charge in [-0.25, -0.2) is 4.98 Å². The number of aromatic amines is 1. The van der Waals surface area contributed by atoms with Crippen LogP contribution >= 0.6 is 11.3 Å². The summed E-state index contributed by atoms with van der Waals surface area (Å²) in [4.78, 5) is 17.6. The number of hydrogen-bond acceptors (Lipinski definition) is 4. The second-order valence-electron chi connectivity index (χ2n) is 5.52. The number of nitrogens with one attached hydrogen (secondary N) is 2. The van der Waals surface area contributed by atoms with Crippen molar-refractivity contribution in [2.45, 2.75) is 27.3 Å². The number of carbonyl (C=O) groups excluding carboxylic acids is 1. The van der Waals surface area contributed by atoms with Crippen LogP contribution in [-0.2, 0) is 6.54 Å². The third-order valence-corrected chi connectivity index (χ3v) is 4.80. The Bertz CT molecular complexity index is 836. The SMILES string of the molecule is Cc1ccc(-c2nc(C)c(C(=O)NCc3ccn[nH]3)s2)c(C)c1. The van der Waals surface area contributed by atoms with Crippen LogP contribution in [0.5, 0.6) is 0 Å². The Morgan fingerprint density at radius 3 is 2.78 bits per heavy atom. The molecule has 0 aliphatic carbocycles. The van der Waals surface area contributed by atoms with E-state index in [1.54, 1.807) is 6.20 Å². The Kier molecular flexibility index (Phi) is 4.25. The smallest absolute Gasteiger partial charge is 0.263 e. The fourth-order valence-electron chi connectivity index (χ4n) is 2.41. The van der Waals surface area contributed by atoms with Crippen LogP contribution in [0, 0.1) is 20.8 Å². The number of thiazole rings is 1. The number of hydrogen-bond donors (Lipinski definition) is 2. The van der Waals surface area contributed by atoms with Crippen molar-refractivity contribution < 1.29 is 4.79 Å².